The van der Waals surface area contributed by atoms with Crippen LogP contribution >= 0.6 is 0 Å². The van der Waals surface area contributed by atoms with Crippen molar-refractivity contribution in [2.45, 2.75) is 39.5 Å². The maximum Gasteiger partial charge on any atom is 0.253 e. The van der Waals surface area contributed by atoms with Crippen LogP contribution in [-0.2, 0) is 10.0 Å². The summed E-state index contributed by atoms with van der Waals surface area (Å²) in [7, 11) is -3.27. The van der Waals surface area contributed by atoms with Crippen LogP contribution in [-0.4, -0.2) is 44.6 Å². The minimum atomic E-state index is -3.27. The zero-order valence-corrected chi connectivity index (χ0v) is 15.3. The van der Waals surface area contributed by atoms with Crippen molar-refractivity contribution in [3.63, 3.8) is 0 Å². The number of carbonyl (C=O) groups excluding carboxylic acids is 1. The first kappa shape index (κ1) is 17.3. The maximum absolute atomic E-state index is 12.8. The highest BCUT2D eigenvalue weighted by Crippen LogP contribution is 2.29. The molecule has 1 unspecified atom stereocenters. The Labute approximate surface area is 144 Å². The molecule has 1 amide bonds. The van der Waals surface area contributed by atoms with Crippen molar-refractivity contribution in [2.24, 2.45) is 5.92 Å². The average molecular weight is 350 g/mol. The van der Waals surface area contributed by atoms with Gasteiger partial charge in [0.25, 0.3) is 5.91 Å². The van der Waals surface area contributed by atoms with E-state index in [9.17, 15) is 13.2 Å². The Hall–Kier alpha value is -1.56. The Morgan fingerprint density at radius 1 is 1.17 bits per heavy atom. The summed E-state index contributed by atoms with van der Waals surface area (Å²) < 4.78 is 26.3. The molecule has 0 N–H and O–H groups in total. The molecule has 2 heterocycles. The lowest BCUT2D eigenvalue weighted by molar-refractivity contribution is 0.0683. The number of sulfonamides is 1. The van der Waals surface area contributed by atoms with E-state index in [1.54, 1.807) is 6.07 Å². The maximum atomic E-state index is 12.8. The van der Waals surface area contributed by atoms with E-state index in [1.165, 1.54) is 4.31 Å². The van der Waals surface area contributed by atoms with Crippen molar-refractivity contribution < 1.29 is 13.2 Å². The molecule has 5 nitrogen and oxygen atoms in total. The molecule has 2 fully saturated rings. The molecule has 0 spiro atoms. The lowest BCUT2D eigenvalue weighted by atomic mass is 9.99. The molecule has 6 heteroatoms. The smallest absolute Gasteiger partial charge is 0.253 e. The van der Waals surface area contributed by atoms with Crippen LogP contribution in [0.1, 0.15) is 48.5 Å². The molecule has 3 rings (SSSR count). The fourth-order valence-corrected chi connectivity index (χ4v) is 5.32. The van der Waals surface area contributed by atoms with E-state index in [4.69, 9.17) is 0 Å². The van der Waals surface area contributed by atoms with Crippen LogP contribution in [0.25, 0.3) is 0 Å². The molecule has 2 aliphatic heterocycles. The Bertz CT molecular complexity index is 730. The van der Waals surface area contributed by atoms with Gasteiger partial charge < -0.3 is 4.90 Å². The zero-order valence-electron chi connectivity index (χ0n) is 14.5. The predicted molar refractivity (Wildman–Crippen MR) is 95.8 cm³/mol. The second-order valence-electron chi connectivity index (χ2n) is 7.10. The molecule has 0 radical (unpaired) electrons. The molecule has 0 saturated carbocycles. The summed E-state index contributed by atoms with van der Waals surface area (Å²) in [5.41, 5.74) is 2.14. The van der Waals surface area contributed by atoms with Crippen LogP contribution in [0.3, 0.4) is 0 Å². The summed E-state index contributed by atoms with van der Waals surface area (Å²) in [6.45, 7) is 6.14. The van der Waals surface area contributed by atoms with Crippen LogP contribution in [0, 0.1) is 12.8 Å². The topological polar surface area (TPSA) is 57.7 Å². The number of piperidine rings is 1. The van der Waals surface area contributed by atoms with E-state index in [-0.39, 0.29) is 11.7 Å². The largest absolute Gasteiger partial charge is 0.338 e. The van der Waals surface area contributed by atoms with E-state index in [0.29, 0.717) is 30.1 Å². The van der Waals surface area contributed by atoms with Gasteiger partial charge in [0.1, 0.15) is 0 Å². The van der Waals surface area contributed by atoms with Gasteiger partial charge in [0, 0.05) is 25.2 Å². The first-order chi connectivity index (χ1) is 11.4. The second-order valence-corrected chi connectivity index (χ2v) is 9.11. The summed E-state index contributed by atoms with van der Waals surface area (Å²) in [5.74, 6) is 0.723. The standard InChI is InChI=1S/C18H26N2O3S/c1-14-6-5-9-19(13-14)18(21)16-8-7-15(2)17(12-16)20-10-3-4-11-24(20,22)23/h7-8,12,14H,3-6,9-11,13H2,1-2H3. The monoisotopic (exact) mass is 350 g/mol. The van der Waals surface area contributed by atoms with Crippen LogP contribution < -0.4 is 4.31 Å². The van der Waals surface area contributed by atoms with E-state index in [1.807, 2.05) is 24.0 Å². The van der Waals surface area contributed by atoms with Crippen molar-refractivity contribution in [2.75, 3.05) is 29.7 Å². The van der Waals surface area contributed by atoms with Crippen molar-refractivity contribution in [3.05, 3.63) is 29.3 Å². The van der Waals surface area contributed by atoms with Gasteiger partial charge in [-0.25, -0.2) is 8.42 Å². The third-order valence-electron chi connectivity index (χ3n) is 5.02. The summed E-state index contributed by atoms with van der Waals surface area (Å²) in [6, 6.07) is 5.44. The second kappa shape index (κ2) is 6.75. The number of benzene rings is 1. The van der Waals surface area contributed by atoms with Gasteiger partial charge >= 0.3 is 0 Å². The molecule has 1 aromatic rings. The molecule has 1 aromatic carbocycles. The van der Waals surface area contributed by atoms with E-state index >= 15 is 0 Å². The van der Waals surface area contributed by atoms with Crippen molar-refractivity contribution in [1.82, 2.24) is 4.90 Å². The van der Waals surface area contributed by atoms with Gasteiger partial charge in [0.2, 0.25) is 10.0 Å². The van der Waals surface area contributed by atoms with Crippen LogP contribution in [0.15, 0.2) is 18.2 Å². The van der Waals surface area contributed by atoms with Crippen LogP contribution in [0.5, 0.6) is 0 Å². The van der Waals surface area contributed by atoms with Gasteiger partial charge in [-0.2, -0.15) is 0 Å². The normalized spacial score (nSPS) is 24.0. The van der Waals surface area contributed by atoms with Gasteiger partial charge in [0.05, 0.1) is 11.4 Å². The predicted octanol–water partition coefficient (Wildman–Crippen LogP) is 2.80. The first-order valence-electron chi connectivity index (χ1n) is 8.79. The molecule has 2 aliphatic rings. The molecule has 24 heavy (non-hydrogen) atoms. The highest BCUT2D eigenvalue weighted by atomic mass is 32.2. The third-order valence-corrected chi connectivity index (χ3v) is 6.87. The van der Waals surface area contributed by atoms with Crippen LogP contribution in [0.2, 0.25) is 0 Å². The minimum Gasteiger partial charge on any atom is -0.338 e. The molecule has 1 atom stereocenters. The lowest BCUT2D eigenvalue weighted by Gasteiger charge is -2.32. The summed E-state index contributed by atoms with van der Waals surface area (Å²) in [6.07, 6.45) is 3.77. The van der Waals surface area contributed by atoms with E-state index in [0.717, 1.165) is 37.9 Å². The quantitative estimate of drug-likeness (QED) is 0.824. The Balaban J connectivity index is 1.90. The Kier molecular flexibility index (Phi) is 4.85. The fraction of sp³-hybridized carbons (Fsp3) is 0.611. The van der Waals surface area contributed by atoms with Crippen molar-refractivity contribution in [1.29, 1.82) is 0 Å². The number of carbonyl (C=O) groups is 1. The number of aryl methyl sites for hydroxylation is 1. The summed E-state index contributed by atoms with van der Waals surface area (Å²) in [4.78, 5) is 14.7. The molecular formula is C18H26N2O3S. The first-order valence-corrected chi connectivity index (χ1v) is 10.4. The van der Waals surface area contributed by atoms with Crippen molar-refractivity contribution in [3.8, 4) is 0 Å². The van der Waals surface area contributed by atoms with Crippen molar-refractivity contribution >= 4 is 21.6 Å². The molecule has 0 aliphatic carbocycles. The number of anilines is 1. The molecule has 2 saturated heterocycles. The molecule has 0 aromatic heterocycles. The average Bonchev–Trinajstić information content (AvgIpc) is 2.55. The summed E-state index contributed by atoms with van der Waals surface area (Å²) in [5, 5.41) is 0. The lowest BCUT2D eigenvalue weighted by Crippen LogP contribution is -2.40. The minimum absolute atomic E-state index is 0.0113. The third kappa shape index (κ3) is 3.43. The van der Waals surface area contributed by atoms with Gasteiger partial charge in [-0.1, -0.05) is 13.0 Å². The number of hydrogen-bond donors (Lipinski definition) is 0. The Morgan fingerprint density at radius 3 is 2.67 bits per heavy atom. The number of nitrogens with zero attached hydrogens (tertiary/aromatic N) is 2. The number of rotatable bonds is 2. The highest BCUT2D eigenvalue weighted by molar-refractivity contribution is 7.92. The fourth-order valence-electron chi connectivity index (χ4n) is 3.63. The van der Waals surface area contributed by atoms with Gasteiger partial charge in [-0.3, -0.25) is 9.10 Å². The van der Waals surface area contributed by atoms with Gasteiger partial charge in [0.15, 0.2) is 0 Å². The van der Waals surface area contributed by atoms with E-state index in [2.05, 4.69) is 6.92 Å². The number of amides is 1. The van der Waals surface area contributed by atoms with Gasteiger partial charge in [-0.15, -0.1) is 0 Å². The Morgan fingerprint density at radius 2 is 1.96 bits per heavy atom. The van der Waals surface area contributed by atoms with E-state index < -0.39 is 10.0 Å². The molecule has 132 valence electrons. The molecule has 0 bridgehead atoms. The van der Waals surface area contributed by atoms with Crippen LogP contribution in [0.4, 0.5) is 5.69 Å². The number of hydrogen-bond acceptors (Lipinski definition) is 3. The molecular weight excluding hydrogens is 324 g/mol. The summed E-state index contributed by atoms with van der Waals surface area (Å²) >= 11 is 0. The number of likely N-dealkylation sites (tertiary alicyclic amines) is 1. The SMILES string of the molecule is Cc1ccc(C(=O)N2CCCC(C)C2)cc1N1CCCCS1(=O)=O. The zero-order chi connectivity index (χ0) is 17.3. The highest BCUT2D eigenvalue weighted by Gasteiger charge is 2.28. The van der Waals surface area contributed by atoms with Gasteiger partial charge in [-0.05, 0) is 56.2 Å².